The number of ether oxygens (including phenoxy) is 2. The van der Waals surface area contributed by atoms with E-state index >= 15 is 0 Å². The van der Waals surface area contributed by atoms with Crippen molar-refractivity contribution in [2.75, 3.05) is 62.9 Å². The molecule has 3 aromatic carbocycles. The maximum atomic E-state index is 13.0. The third kappa shape index (κ3) is 8.57. The van der Waals surface area contributed by atoms with E-state index in [4.69, 9.17) is 18.4 Å². The molecule has 1 aromatic heterocycles. The van der Waals surface area contributed by atoms with E-state index in [1.54, 1.807) is 32.2 Å². The first-order valence-corrected chi connectivity index (χ1v) is 15.5. The molecular weight excluding hydrogens is 574 g/mol. The summed E-state index contributed by atoms with van der Waals surface area (Å²) in [4.78, 5) is 30.2. The largest absolute Gasteiger partial charge is 0.495 e. The van der Waals surface area contributed by atoms with Crippen LogP contribution in [0.4, 0.5) is 16.2 Å². The van der Waals surface area contributed by atoms with Crippen LogP contribution in [-0.4, -0.2) is 76.7 Å². The van der Waals surface area contributed by atoms with E-state index in [9.17, 15) is 18.0 Å². The standard InChI is InChI=1S/C30H31N3O5.CH4O3S/c1-21-27(34)23-11-8-12-24(29(23)38-28(21)22-9-4-3-5-10-22)31-30(35)37-20-19-32-15-17-33(18-16-32)25-13-6-7-14-26(25)36-2;1-5(2,3)4/h3-14H,15-20H2,1-2H3,(H,31,35);1H3,(H,2,3,4). The predicted molar refractivity (Wildman–Crippen MR) is 167 cm³/mol. The minimum Gasteiger partial charge on any atom is -0.495 e. The molecular formula is C31H35N3O8S. The van der Waals surface area contributed by atoms with Gasteiger partial charge >= 0.3 is 6.09 Å². The van der Waals surface area contributed by atoms with Gasteiger partial charge in [-0.15, -0.1) is 0 Å². The van der Waals surface area contributed by atoms with Crippen molar-refractivity contribution >= 4 is 38.6 Å². The van der Waals surface area contributed by atoms with Crippen LogP contribution < -0.4 is 20.4 Å². The number of rotatable bonds is 7. The molecule has 1 aliphatic rings. The summed E-state index contributed by atoms with van der Waals surface area (Å²) in [6.45, 7) is 6.09. The molecule has 5 rings (SSSR count). The van der Waals surface area contributed by atoms with Gasteiger partial charge in [0, 0.05) is 43.9 Å². The number of methoxy groups -OCH3 is 1. The highest BCUT2D eigenvalue weighted by molar-refractivity contribution is 7.85. The third-order valence-corrected chi connectivity index (χ3v) is 6.86. The smallest absolute Gasteiger partial charge is 0.411 e. The highest BCUT2D eigenvalue weighted by Crippen LogP contribution is 2.30. The summed E-state index contributed by atoms with van der Waals surface area (Å²) in [6, 6.07) is 22.6. The minimum absolute atomic E-state index is 0.130. The van der Waals surface area contributed by atoms with Crippen molar-refractivity contribution in [1.29, 1.82) is 0 Å². The molecule has 0 spiro atoms. The number of nitrogens with one attached hydrogen (secondary N) is 1. The first-order valence-electron chi connectivity index (χ1n) is 13.6. The average molecular weight is 610 g/mol. The average Bonchev–Trinajstić information content (AvgIpc) is 2.99. The fourth-order valence-corrected chi connectivity index (χ4v) is 4.79. The Hall–Kier alpha value is -4.39. The number of hydrogen-bond donors (Lipinski definition) is 2. The van der Waals surface area contributed by atoms with Crippen molar-refractivity contribution in [3.8, 4) is 17.1 Å². The van der Waals surface area contributed by atoms with Crippen LogP contribution >= 0.6 is 0 Å². The molecule has 11 nitrogen and oxygen atoms in total. The molecule has 0 atom stereocenters. The molecule has 1 aliphatic heterocycles. The quantitative estimate of drug-likeness (QED) is 0.285. The zero-order valence-corrected chi connectivity index (χ0v) is 25.1. The van der Waals surface area contributed by atoms with Crippen molar-refractivity contribution in [3.63, 3.8) is 0 Å². The predicted octanol–water partition coefficient (Wildman–Crippen LogP) is 4.65. The fraction of sp³-hybridized carbons (Fsp3) is 0.290. The Kier molecular flexibility index (Phi) is 10.4. The van der Waals surface area contributed by atoms with Crippen LogP contribution in [0.2, 0.25) is 0 Å². The Morgan fingerprint density at radius 1 is 0.977 bits per heavy atom. The van der Waals surface area contributed by atoms with Crippen LogP contribution in [0.1, 0.15) is 5.56 Å². The van der Waals surface area contributed by atoms with E-state index in [0.29, 0.717) is 40.8 Å². The minimum atomic E-state index is -3.67. The molecule has 0 aliphatic carbocycles. The second kappa shape index (κ2) is 14.2. The van der Waals surface area contributed by atoms with E-state index in [-0.39, 0.29) is 12.0 Å². The SMILES string of the molecule is COc1ccccc1N1CCN(CCOC(=O)Nc2cccc3c(=O)c(C)c(-c4ccccc4)oc23)CC1.CS(=O)(=O)O. The zero-order valence-electron chi connectivity index (χ0n) is 24.3. The Labute approximate surface area is 250 Å². The van der Waals surface area contributed by atoms with Gasteiger partial charge in [0.2, 0.25) is 0 Å². The van der Waals surface area contributed by atoms with Gasteiger partial charge in [0.15, 0.2) is 11.0 Å². The van der Waals surface area contributed by atoms with Crippen LogP contribution in [0.25, 0.3) is 22.3 Å². The van der Waals surface area contributed by atoms with Gasteiger partial charge in [0.25, 0.3) is 10.1 Å². The molecule has 2 heterocycles. The van der Waals surface area contributed by atoms with Crippen LogP contribution in [0.5, 0.6) is 5.75 Å². The number of fused-ring (bicyclic) bond motifs is 1. The maximum Gasteiger partial charge on any atom is 0.411 e. The molecule has 0 unspecified atom stereocenters. The van der Waals surface area contributed by atoms with Crippen LogP contribution in [0, 0.1) is 6.92 Å². The first-order chi connectivity index (χ1) is 20.5. The van der Waals surface area contributed by atoms with Crippen LogP contribution in [0.3, 0.4) is 0 Å². The summed E-state index contributed by atoms with van der Waals surface area (Å²) in [5.74, 6) is 1.36. The number of hydrogen-bond acceptors (Lipinski definition) is 9. The van der Waals surface area contributed by atoms with Gasteiger partial charge in [0.1, 0.15) is 18.1 Å². The van der Waals surface area contributed by atoms with Crippen molar-refractivity contribution in [2.24, 2.45) is 0 Å². The Morgan fingerprint density at radius 3 is 2.30 bits per heavy atom. The molecule has 228 valence electrons. The number of nitrogens with zero attached hydrogens (tertiary/aromatic N) is 2. The second-order valence-electron chi connectivity index (χ2n) is 9.93. The molecule has 2 N–H and O–H groups in total. The third-order valence-electron chi connectivity index (χ3n) is 6.86. The molecule has 0 saturated carbocycles. The molecule has 4 aromatic rings. The molecule has 0 bridgehead atoms. The fourth-order valence-electron chi connectivity index (χ4n) is 4.79. The highest BCUT2D eigenvalue weighted by atomic mass is 32.2. The Morgan fingerprint density at radius 2 is 1.63 bits per heavy atom. The van der Waals surface area contributed by atoms with E-state index < -0.39 is 16.2 Å². The van der Waals surface area contributed by atoms with E-state index in [0.717, 1.165) is 43.2 Å². The number of piperazine rings is 1. The van der Waals surface area contributed by atoms with Crippen LogP contribution in [0.15, 0.2) is 82.0 Å². The number of carbonyl (C=O) groups excluding carboxylic acids is 1. The van der Waals surface area contributed by atoms with Gasteiger partial charge in [-0.1, -0.05) is 48.5 Å². The second-order valence-corrected chi connectivity index (χ2v) is 11.4. The summed E-state index contributed by atoms with van der Waals surface area (Å²) < 4.78 is 43.0. The summed E-state index contributed by atoms with van der Waals surface area (Å²) in [5, 5.41) is 3.16. The van der Waals surface area contributed by atoms with Gasteiger partial charge in [0.05, 0.1) is 30.1 Å². The lowest BCUT2D eigenvalue weighted by atomic mass is 10.1. The topological polar surface area (TPSA) is 139 Å². The molecule has 1 saturated heterocycles. The monoisotopic (exact) mass is 609 g/mol. The summed E-state index contributed by atoms with van der Waals surface area (Å²) in [6.07, 6.45) is 0.127. The van der Waals surface area contributed by atoms with Crippen molar-refractivity contribution in [2.45, 2.75) is 6.92 Å². The number of anilines is 2. The van der Waals surface area contributed by atoms with Crippen molar-refractivity contribution in [1.82, 2.24) is 4.90 Å². The van der Waals surface area contributed by atoms with E-state index in [2.05, 4.69) is 21.2 Å². The number of benzene rings is 3. The van der Waals surface area contributed by atoms with Gasteiger partial charge in [-0.2, -0.15) is 8.42 Å². The summed E-state index contributed by atoms with van der Waals surface area (Å²) in [7, 11) is -1.98. The number of para-hydroxylation sites is 3. The van der Waals surface area contributed by atoms with Gasteiger partial charge in [-0.3, -0.25) is 19.6 Å². The van der Waals surface area contributed by atoms with Gasteiger partial charge in [-0.25, -0.2) is 4.79 Å². The summed E-state index contributed by atoms with van der Waals surface area (Å²) in [5.41, 5.74) is 3.01. The molecule has 1 fully saturated rings. The normalized spacial score (nSPS) is 13.6. The number of amides is 1. The maximum absolute atomic E-state index is 13.0. The van der Waals surface area contributed by atoms with Crippen molar-refractivity contribution < 1.29 is 31.7 Å². The van der Waals surface area contributed by atoms with Gasteiger partial charge in [-0.05, 0) is 31.2 Å². The molecule has 1 amide bonds. The molecule has 43 heavy (non-hydrogen) atoms. The van der Waals surface area contributed by atoms with Crippen molar-refractivity contribution in [3.05, 3.63) is 88.6 Å². The zero-order chi connectivity index (χ0) is 31.0. The lowest BCUT2D eigenvalue weighted by Gasteiger charge is -2.36. The van der Waals surface area contributed by atoms with E-state index in [1.807, 2.05) is 48.5 Å². The lowest BCUT2D eigenvalue weighted by Crippen LogP contribution is -2.47. The first kappa shape index (κ1) is 31.5. The van der Waals surface area contributed by atoms with E-state index in [1.165, 1.54) is 0 Å². The Balaban J connectivity index is 0.000000782. The Bertz CT molecular complexity index is 1710. The highest BCUT2D eigenvalue weighted by Gasteiger charge is 2.20. The summed E-state index contributed by atoms with van der Waals surface area (Å²) >= 11 is 0. The molecule has 12 heteroatoms. The molecule has 0 radical (unpaired) electrons. The van der Waals surface area contributed by atoms with Crippen LogP contribution in [-0.2, 0) is 14.9 Å². The lowest BCUT2D eigenvalue weighted by molar-refractivity contribution is 0.137. The van der Waals surface area contributed by atoms with Gasteiger partial charge < -0.3 is 18.8 Å². The number of carbonyl (C=O) groups is 1.